The normalized spacial score (nSPS) is 12.5. The largest absolute Gasteiger partial charge is 0.454 e. The standard InChI is InChI=1S/C25H26ClN3O4S/c1-25(2,13-27)14-29(24(31)16-5-8-20-21(11-16)33-15-32-20)12-17-10-18(6-7-19(17)26)28-23(30)22-4-3-9-34-22/h3-11H,12-15,27H2,1-2H3,(H,28,30). The first-order valence-electron chi connectivity index (χ1n) is 10.8. The van der Waals surface area contributed by atoms with Crippen LogP contribution in [-0.2, 0) is 6.54 Å². The molecule has 0 fully saturated rings. The van der Waals surface area contributed by atoms with Gasteiger partial charge in [0.1, 0.15) is 0 Å². The zero-order valence-corrected chi connectivity index (χ0v) is 20.5. The van der Waals surface area contributed by atoms with Crippen LogP contribution in [0, 0.1) is 5.41 Å². The van der Waals surface area contributed by atoms with Gasteiger partial charge in [0.2, 0.25) is 6.79 Å². The summed E-state index contributed by atoms with van der Waals surface area (Å²) in [6, 6.07) is 14.0. The van der Waals surface area contributed by atoms with E-state index in [-0.39, 0.29) is 30.6 Å². The van der Waals surface area contributed by atoms with E-state index in [1.54, 1.807) is 47.4 Å². The predicted octanol–water partition coefficient (Wildman–Crippen LogP) is 5.01. The summed E-state index contributed by atoms with van der Waals surface area (Å²) < 4.78 is 10.8. The Labute approximate surface area is 207 Å². The summed E-state index contributed by atoms with van der Waals surface area (Å²) >= 11 is 7.86. The van der Waals surface area contributed by atoms with E-state index >= 15 is 0 Å². The Morgan fingerprint density at radius 1 is 1.15 bits per heavy atom. The van der Waals surface area contributed by atoms with Crippen LogP contribution in [0.4, 0.5) is 5.69 Å². The second kappa shape index (κ2) is 10.0. The number of nitrogens with one attached hydrogen (secondary N) is 1. The molecule has 0 unspecified atom stereocenters. The van der Waals surface area contributed by atoms with Gasteiger partial charge in [0.25, 0.3) is 11.8 Å². The number of rotatable bonds is 8. The van der Waals surface area contributed by atoms with E-state index in [9.17, 15) is 9.59 Å². The quantitative estimate of drug-likeness (QED) is 0.454. The van der Waals surface area contributed by atoms with Crippen molar-refractivity contribution in [3.8, 4) is 11.5 Å². The molecule has 34 heavy (non-hydrogen) atoms. The third kappa shape index (κ3) is 5.52. The van der Waals surface area contributed by atoms with Crippen LogP contribution >= 0.6 is 22.9 Å². The molecule has 0 bridgehead atoms. The Kier molecular flexibility index (Phi) is 7.11. The molecular weight excluding hydrogens is 474 g/mol. The lowest BCUT2D eigenvalue weighted by Gasteiger charge is -2.32. The van der Waals surface area contributed by atoms with Gasteiger partial charge in [-0.05, 0) is 65.4 Å². The SMILES string of the molecule is CC(C)(CN)CN(Cc1cc(NC(=O)c2cccs2)ccc1Cl)C(=O)c1ccc2c(c1)OCO2. The number of carbonyl (C=O) groups is 2. The van der Waals surface area contributed by atoms with Crippen molar-refractivity contribution in [2.75, 3.05) is 25.2 Å². The summed E-state index contributed by atoms with van der Waals surface area (Å²) in [5, 5.41) is 5.24. The zero-order chi connectivity index (χ0) is 24.3. The number of hydrogen-bond donors (Lipinski definition) is 2. The molecule has 3 N–H and O–H groups in total. The second-order valence-electron chi connectivity index (χ2n) is 8.84. The van der Waals surface area contributed by atoms with Crippen molar-refractivity contribution in [2.45, 2.75) is 20.4 Å². The minimum atomic E-state index is -0.316. The fraction of sp³-hybridized carbons (Fsp3) is 0.280. The average Bonchev–Trinajstić information content (AvgIpc) is 3.52. The van der Waals surface area contributed by atoms with Crippen molar-refractivity contribution in [3.63, 3.8) is 0 Å². The summed E-state index contributed by atoms with van der Waals surface area (Å²) in [4.78, 5) is 28.4. The lowest BCUT2D eigenvalue weighted by molar-refractivity contribution is 0.0673. The van der Waals surface area contributed by atoms with E-state index in [2.05, 4.69) is 5.32 Å². The van der Waals surface area contributed by atoms with Gasteiger partial charge >= 0.3 is 0 Å². The monoisotopic (exact) mass is 499 g/mol. The van der Waals surface area contributed by atoms with Gasteiger partial charge in [-0.3, -0.25) is 9.59 Å². The summed E-state index contributed by atoms with van der Waals surface area (Å²) in [7, 11) is 0. The number of hydrogen-bond acceptors (Lipinski definition) is 6. The molecule has 3 aromatic rings. The molecule has 2 heterocycles. The minimum Gasteiger partial charge on any atom is -0.454 e. The topological polar surface area (TPSA) is 93.9 Å². The van der Waals surface area contributed by atoms with E-state index in [4.69, 9.17) is 26.8 Å². The Bertz CT molecular complexity index is 1200. The Morgan fingerprint density at radius 2 is 1.94 bits per heavy atom. The van der Waals surface area contributed by atoms with Gasteiger partial charge in [0.05, 0.1) is 4.88 Å². The van der Waals surface area contributed by atoms with Crippen LogP contribution in [0.5, 0.6) is 11.5 Å². The zero-order valence-electron chi connectivity index (χ0n) is 19.0. The summed E-state index contributed by atoms with van der Waals surface area (Å²) in [5.74, 6) is 0.785. The number of amides is 2. The molecule has 7 nitrogen and oxygen atoms in total. The lowest BCUT2D eigenvalue weighted by Crippen LogP contribution is -2.41. The van der Waals surface area contributed by atoms with Crippen LogP contribution in [0.15, 0.2) is 53.9 Å². The first kappa shape index (κ1) is 24.1. The predicted molar refractivity (Wildman–Crippen MR) is 134 cm³/mol. The molecule has 1 aliphatic heterocycles. The fourth-order valence-electron chi connectivity index (χ4n) is 3.57. The molecule has 9 heteroatoms. The molecule has 0 radical (unpaired) electrons. The highest BCUT2D eigenvalue weighted by Crippen LogP contribution is 2.33. The molecule has 4 rings (SSSR count). The third-order valence-corrected chi connectivity index (χ3v) is 6.73. The summed E-state index contributed by atoms with van der Waals surface area (Å²) in [6.45, 7) is 5.22. The van der Waals surface area contributed by atoms with Crippen molar-refractivity contribution in [2.24, 2.45) is 11.1 Å². The molecule has 0 spiro atoms. The lowest BCUT2D eigenvalue weighted by atomic mass is 9.92. The van der Waals surface area contributed by atoms with Crippen molar-refractivity contribution >= 4 is 40.4 Å². The first-order chi connectivity index (χ1) is 16.3. The Morgan fingerprint density at radius 3 is 2.68 bits per heavy atom. The van der Waals surface area contributed by atoms with E-state index in [0.29, 0.717) is 51.3 Å². The average molecular weight is 500 g/mol. The molecule has 0 saturated heterocycles. The van der Waals surface area contributed by atoms with Crippen LogP contribution in [-0.4, -0.2) is 36.6 Å². The molecule has 0 atom stereocenters. The van der Waals surface area contributed by atoms with Gasteiger partial charge in [-0.15, -0.1) is 11.3 Å². The number of carbonyl (C=O) groups excluding carboxylic acids is 2. The van der Waals surface area contributed by atoms with Gasteiger partial charge in [0.15, 0.2) is 11.5 Å². The maximum atomic E-state index is 13.5. The summed E-state index contributed by atoms with van der Waals surface area (Å²) in [6.07, 6.45) is 0. The van der Waals surface area contributed by atoms with Gasteiger partial charge in [-0.2, -0.15) is 0 Å². The van der Waals surface area contributed by atoms with Crippen molar-refractivity contribution in [1.82, 2.24) is 4.90 Å². The number of halogens is 1. The molecule has 2 aromatic carbocycles. The number of anilines is 1. The highest BCUT2D eigenvalue weighted by Gasteiger charge is 2.27. The molecule has 0 saturated carbocycles. The molecular formula is C25H26ClN3O4S. The fourth-order valence-corrected chi connectivity index (χ4v) is 4.37. The Hall–Kier alpha value is -3.07. The van der Waals surface area contributed by atoms with Crippen LogP contribution in [0.25, 0.3) is 0 Å². The number of fused-ring (bicyclic) bond motifs is 1. The number of nitrogens with two attached hydrogens (primary N) is 1. The molecule has 178 valence electrons. The smallest absolute Gasteiger partial charge is 0.265 e. The van der Waals surface area contributed by atoms with E-state index in [0.717, 1.165) is 0 Å². The van der Waals surface area contributed by atoms with E-state index in [1.807, 2.05) is 25.3 Å². The van der Waals surface area contributed by atoms with Gasteiger partial charge < -0.3 is 25.4 Å². The van der Waals surface area contributed by atoms with Crippen molar-refractivity contribution in [1.29, 1.82) is 0 Å². The minimum absolute atomic E-state index is 0.135. The molecule has 0 aliphatic carbocycles. The Balaban J connectivity index is 1.59. The number of ether oxygens (including phenoxy) is 2. The second-order valence-corrected chi connectivity index (χ2v) is 10.2. The van der Waals surface area contributed by atoms with Gasteiger partial charge in [0, 0.05) is 29.4 Å². The van der Waals surface area contributed by atoms with Crippen LogP contribution in [0.3, 0.4) is 0 Å². The molecule has 2 amide bonds. The van der Waals surface area contributed by atoms with Gasteiger partial charge in [-0.1, -0.05) is 31.5 Å². The third-order valence-electron chi connectivity index (χ3n) is 5.49. The van der Waals surface area contributed by atoms with Crippen LogP contribution in [0.1, 0.15) is 39.4 Å². The number of benzene rings is 2. The highest BCUT2D eigenvalue weighted by molar-refractivity contribution is 7.12. The maximum Gasteiger partial charge on any atom is 0.265 e. The van der Waals surface area contributed by atoms with Crippen LogP contribution < -0.4 is 20.5 Å². The summed E-state index contributed by atoms with van der Waals surface area (Å²) in [5.41, 5.74) is 7.45. The number of thiophene rings is 1. The van der Waals surface area contributed by atoms with Crippen LogP contribution in [0.2, 0.25) is 5.02 Å². The number of nitrogens with zero attached hydrogens (tertiary/aromatic N) is 1. The van der Waals surface area contributed by atoms with E-state index in [1.165, 1.54) is 11.3 Å². The highest BCUT2D eigenvalue weighted by atomic mass is 35.5. The van der Waals surface area contributed by atoms with Crippen molar-refractivity contribution < 1.29 is 19.1 Å². The van der Waals surface area contributed by atoms with Crippen molar-refractivity contribution in [3.05, 3.63) is 74.9 Å². The first-order valence-corrected chi connectivity index (χ1v) is 12.0. The maximum absolute atomic E-state index is 13.5. The van der Waals surface area contributed by atoms with Gasteiger partial charge in [-0.25, -0.2) is 0 Å². The molecule has 1 aliphatic rings. The molecule has 1 aromatic heterocycles. The van der Waals surface area contributed by atoms with E-state index < -0.39 is 0 Å².